The van der Waals surface area contributed by atoms with Crippen LogP contribution < -0.4 is 10.1 Å². The van der Waals surface area contributed by atoms with E-state index in [9.17, 15) is 4.79 Å². The first kappa shape index (κ1) is 20.2. The minimum atomic E-state index is -0.0847. The summed E-state index contributed by atoms with van der Waals surface area (Å²) in [5.74, 6) is 1.59. The molecular formula is C20H21ClN4O2S. The number of carbonyl (C=O) groups excluding carboxylic acids is 1. The topological polar surface area (TPSA) is 69.0 Å². The van der Waals surface area contributed by atoms with Gasteiger partial charge < -0.3 is 14.6 Å². The molecule has 3 rings (SSSR count). The Labute approximate surface area is 173 Å². The van der Waals surface area contributed by atoms with E-state index in [0.717, 1.165) is 11.3 Å². The van der Waals surface area contributed by atoms with Crippen molar-refractivity contribution in [1.82, 2.24) is 14.8 Å². The maximum absolute atomic E-state index is 12.2. The highest BCUT2D eigenvalue weighted by molar-refractivity contribution is 7.99. The van der Waals surface area contributed by atoms with Gasteiger partial charge in [-0.1, -0.05) is 41.1 Å². The van der Waals surface area contributed by atoms with Crippen molar-refractivity contribution in [2.75, 3.05) is 11.1 Å². The SMILES string of the molecule is CCn1c(COc2ccc(Cl)cc2)nnc1SCC(=O)Nc1ccc(C)cc1. The van der Waals surface area contributed by atoms with E-state index in [1.807, 2.05) is 42.7 Å². The van der Waals surface area contributed by atoms with Gasteiger partial charge in [-0.15, -0.1) is 10.2 Å². The van der Waals surface area contributed by atoms with Crippen LogP contribution >= 0.6 is 23.4 Å². The lowest BCUT2D eigenvalue weighted by atomic mass is 10.2. The molecule has 0 saturated carbocycles. The zero-order valence-electron chi connectivity index (χ0n) is 15.7. The Morgan fingerprint density at radius 1 is 1.14 bits per heavy atom. The third-order valence-corrected chi connectivity index (χ3v) is 5.18. The molecule has 0 aliphatic rings. The van der Waals surface area contributed by atoms with Gasteiger partial charge in [-0.05, 0) is 50.2 Å². The van der Waals surface area contributed by atoms with E-state index in [4.69, 9.17) is 16.3 Å². The second kappa shape index (κ2) is 9.61. The van der Waals surface area contributed by atoms with Gasteiger partial charge in [0, 0.05) is 17.3 Å². The average Bonchev–Trinajstić information content (AvgIpc) is 3.09. The van der Waals surface area contributed by atoms with Gasteiger partial charge in [0.05, 0.1) is 5.75 Å². The summed E-state index contributed by atoms with van der Waals surface area (Å²) >= 11 is 7.23. The van der Waals surface area contributed by atoms with Gasteiger partial charge in [0.2, 0.25) is 5.91 Å². The van der Waals surface area contributed by atoms with Crippen molar-refractivity contribution in [2.45, 2.75) is 32.2 Å². The van der Waals surface area contributed by atoms with E-state index in [1.54, 1.807) is 24.3 Å². The number of hydrogen-bond donors (Lipinski definition) is 1. The summed E-state index contributed by atoms with van der Waals surface area (Å²) in [5, 5.41) is 12.6. The van der Waals surface area contributed by atoms with Crippen molar-refractivity contribution >= 4 is 35.0 Å². The molecule has 0 atom stereocenters. The predicted octanol–water partition coefficient (Wildman–Crippen LogP) is 4.57. The third-order valence-electron chi connectivity index (χ3n) is 3.96. The molecule has 1 amide bonds. The molecule has 0 radical (unpaired) electrons. The van der Waals surface area contributed by atoms with E-state index in [2.05, 4.69) is 15.5 Å². The molecule has 0 aliphatic carbocycles. The van der Waals surface area contributed by atoms with Gasteiger partial charge in [0.25, 0.3) is 0 Å². The lowest BCUT2D eigenvalue weighted by molar-refractivity contribution is -0.113. The van der Waals surface area contributed by atoms with Gasteiger partial charge in [-0.25, -0.2) is 0 Å². The lowest BCUT2D eigenvalue weighted by Crippen LogP contribution is -2.15. The van der Waals surface area contributed by atoms with Crippen molar-refractivity contribution in [1.29, 1.82) is 0 Å². The number of benzene rings is 2. The molecule has 0 bridgehead atoms. The van der Waals surface area contributed by atoms with Crippen LogP contribution in [0.3, 0.4) is 0 Å². The quantitative estimate of drug-likeness (QED) is 0.545. The highest BCUT2D eigenvalue weighted by Crippen LogP contribution is 2.20. The maximum Gasteiger partial charge on any atom is 0.234 e. The zero-order valence-corrected chi connectivity index (χ0v) is 17.3. The van der Waals surface area contributed by atoms with Crippen molar-refractivity contribution in [3.63, 3.8) is 0 Å². The number of anilines is 1. The molecular weight excluding hydrogens is 396 g/mol. The number of amides is 1. The highest BCUT2D eigenvalue weighted by atomic mass is 35.5. The van der Waals surface area contributed by atoms with E-state index in [0.29, 0.717) is 34.9 Å². The average molecular weight is 417 g/mol. The van der Waals surface area contributed by atoms with E-state index >= 15 is 0 Å². The molecule has 8 heteroatoms. The van der Waals surface area contributed by atoms with Crippen LogP contribution in [0.1, 0.15) is 18.3 Å². The predicted molar refractivity (Wildman–Crippen MR) is 112 cm³/mol. The number of carbonyl (C=O) groups is 1. The van der Waals surface area contributed by atoms with Gasteiger partial charge in [-0.2, -0.15) is 0 Å². The standard InChI is InChI=1S/C20H21ClN4O2S/c1-3-25-18(12-27-17-10-6-15(21)7-11-17)23-24-20(25)28-13-19(26)22-16-8-4-14(2)5-9-16/h4-11H,3,12-13H2,1-2H3,(H,22,26). The molecule has 0 aliphatic heterocycles. The molecule has 1 heterocycles. The largest absolute Gasteiger partial charge is 0.486 e. The summed E-state index contributed by atoms with van der Waals surface area (Å²) in [7, 11) is 0. The number of ether oxygens (including phenoxy) is 1. The van der Waals surface area contributed by atoms with Gasteiger partial charge in [-0.3, -0.25) is 4.79 Å². The molecule has 1 N–H and O–H groups in total. The van der Waals surface area contributed by atoms with E-state index in [-0.39, 0.29) is 11.7 Å². The van der Waals surface area contributed by atoms with Crippen LogP contribution in [0.15, 0.2) is 53.7 Å². The monoisotopic (exact) mass is 416 g/mol. The van der Waals surface area contributed by atoms with Crippen molar-refractivity contribution in [2.24, 2.45) is 0 Å². The number of nitrogens with zero attached hydrogens (tertiary/aromatic N) is 3. The Morgan fingerprint density at radius 2 is 1.86 bits per heavy atom. The van der Waals surface area contributed by atoms with Crippen LogP contribution in [0.25, 0.3) is 0 Å². The van der Waals surface area contributed by atoms with Crippen LogP contribution in [0.5, 0.6) is 5.75 Å². The van der Waals surface area contributed by atoms with Crippen LogP contribution in [-0.2, 0) is 17.9 Å². The Hall–Kier alpha value is -2.51. The fraction of sp³-hybridized carbons (Fsp3) is 0.250. The van der Waals surface area contributed by atoms with Crippen LogP contribution in [-0.4, -0.2) is 26.4 Å². The first-order valence-electron chi connectivity index (χ1n) is 8.85. The maximum atomic E-state index is 12.2. The zero-order chi connectivity index (χ0) is 19.9. The number of aryl methyl sites for hydroxylation is 1. The summed E-state index contributed by atoms with van der Waals surface area (Å²) in [5.41, 5.74) is 1.93. The number of halogens is 1. The Morgan fingerprint density at radius 3 is 2.54 bits per heavy atom. The van der Waals surface area contributed by atoms with Crippen LogP contribution in [0, 0.1) is 6.92 Å². The molecule has 1 aromatic heterocycles. The summed E-state index contributed by atoms with van der Waals surface area (Å²) in [6.45, 7) is 4.99. The molecule has 0 fully saturated rings. The van der Waals surface area contributed by atoms with E-state index in [1.165, 1.54) is 11.8 Å². The van der Waals surface area contributed by atoms with E-state index < -0.39 is 0 Å². The Bertz CT molecular complexity index is 926. The summed E-state index contributed by atoms with van der Waals surface area (Å²) in [6.07, 6.45) is 0. The van der Waals surface area contributed by atoms with Gasteiger partial charge >= 0.3 is 0 Å². The Kier molecular flexibility index (Phi) is 6.95. The normalized spacial score (nSPS) is 10.7. The minimum Gasteiger partial charge on any atom is -0.486 e. The molecule has 2 aromatic carbocycles. The number of nitrogens with one attached hydrogen (secondary N) is 1. The number of aromatic nitrogens is 3. The number of hydrogen-bond acceptors (Lipinski definition) is 5. The fourth-order valence-corrected chi connectivity index (χ4v) is 3.44. The summed E-state index contributed by atoms with van der Waals surface area (Å²) in [4.78, 5) is 12.2. The molecule has 28 heavy (non-hydrogen) atoms. The van der Waals surface area contributed by atoms with Gasteiger partial charge in [0.15, 0.2) is 11.0 Å². The van der Waals surface area contributed by atoms with Crippen LogP contribution in [0.2, 0.25) is 5.02 Å². The summed E-state index contributed by atoms with van der Waals surface area (Å²) in [6, 6.07) is 14.9. The molecule has 0 saturated heterocycles. The second-order valence-corrected chi connectivity index (χ2v) is 7.47. The second-order valence-electron chi connectivity index (χ2n) is 6.09. The molecule has 0 spiro atoms. The molecule has 146 valence electrons. The van der Waals surface area contributed by atoms with Crippen LogP contribution in [0.4, 0.5) is 5.69 Å². The molecule has 6 nitrogen and oxygen atoms in total. The number of rotatable bonds is 8. The third kappa shape index (κ3) is 5.50. The van der Waals surface area contributed by atoms with Crippen molar-refractivity contribution < 1.29 is 9.53 Å². The first-order chi connectivity index (χ1) is 13.5. The fourth-order valence-electron chi connectivity index (χ4n) is 2.49. The smallest absolute Gasteiger partial charge is 0.234 e. The first-order valence-corrected chi connectivity index (χ1v) is 10.2. The Balaban J connectivity index is 1.56. The van der Waals surface area contributed by atoms with Crippen molar-refractivity contribution in [3.8, 4) is 5.75 Å². The summed E-state index contributed by atoms with van der Waals surface area (Å²) < 4.78 is 7.69. The molecule has 3 aromatic rings. The highest BCUT2D eigenvalue weighted by Gasteiger charge is 2.14. The van der Waals surface area contributed by atoms with Gasteiger partial charge in [0.1, 0.15) is 12.4 Å². The molecule has 0 unspecified atom stereocenters. The van der Waals surface area contributed by atoms with Crippen molar-refractivity contribution in [3.05, 3.63) is 64.9 Å². The lowest BCUT2D eigenvalue weighted by Gasteiger charge is -2.09. The number of thioether (sulfide) groups is 1. The minimum absolute atomic E-state index is 0.0847.